The highest BCUT2D eigenvalue weighted by molar-refractivity contribution is 9.10. The van der Waals surface area contributed by atoms with Gasteiger partial charge in [0.25, 0.3) is 0 Å². The van der Waals surface area contributed by atoms with Crippen molar-refractivity contribution in [3.05, 3.63) is 64.3 Å². The second-order valence-corrected chi connectivity index (χ2v) is 21.2. The molecule has 0 bridgehead atoms. The van der Waals surface area contributed by atoms with Crippen LogP contribution in [0.1, 0.15) is 43.2 Å². The van der Waals surface area contributed by atoms with Crippen molar-refractivity contribution in [3.63, 3.8) is 0 Å². The maximum absolute atomic E-state index is 13.5. The van der Waals surface area contributed by atoms with Crippen LogP contribution in [0.4, 0.5) is 56.4 Å². The van der Waals surface area contributed by atoms with Crippen molar-refractivity contribution >= 4 is 98.1 Å². The normalized spacial score (nSPS) is 17.5. The van der Waals surface area contributed by atoms with E-state index in [-0.39, 0.29) is 11.9 Å². The highest BCUT2D eigenvalue weighted by Crippen LogP contribution is 2.46. The summed E-state index contributed by atoms with van der Waals surface area (Å²) in [5.74, 6) is 2.06. The number of imide groups is 1. The van der Waals surface area contributed by atoms with Gasteiger partial charge in [-0.15, -0.1) is 0 Å². The predicted molar refractivity (Wildman–Crippen MR) is 256 cm³/mol. The molecule has 3 saturated heterocycles. The van der Waals surface area contributed by atoms with E-state index in [4.69, 9.17) is 9.72 Å². The fourth-order valence-corrected chi connectivity index (χ4v) is 11.0. The average molecular weight is 927 g/mol. The number of benzene rings is 3. The molecular weight excluding hydrogens is 869 g/mol. The number of aliphatic imine (C=N–C) groups is 1. The third kappa shape index (κ3) is 9.42. The van der Waals surface area contributed by atoms with E-state index in [2.05, 4.69) is 107 Å². The van der Waals surface area contributed by atoms with Crippen molar-refractivity contribution in [2.45, 2.75) is 52.0 Å². The van der Waals surface area contributed by atoms with Gasteiger partial charge in [-0.1, -0.05) is 0 Å². The van der Waals surface area contributed by atoms with Gasteiger partial charge in [0.05, 0.1) is 46.2 Å². The minimum atomic E-state index is -2.71. The Morgan fingerprint density at radius 2 is 1.65 bits per heavy atom. The molecule has 4 N–H and O–H groups in total. The number of aromatic nitrogens is 2. The summed E-state index contributed by atoms with van der Waals surface area (Å²) in [5, 5.41) is 13.3. The van der Waals surface area contributed by atoms with Gasteiger partial charge < -0.3 is 40.0 Å². The molecule has 3 fully saturated rings. The lowest BCUT2D eigenvalue weighted by Crippen LogP contribution is -2.49. The maximum atomic E-state index is 13.5. The number of urea groups is 1. The molecule has 3 amide bonds. The Bertz CT molecular complexity index is 2430. The zero-order valence-corrected chi connectivity index (χ0v) is 38.9. The number of halogens is 1. The number of methoxy groups -OCH3 is 1. The Labute approximate surface area is 372 Å². The highest BCUT2D eigenvalue weighted by Gasteiger charge is 2.30. The molecule has 0 atom stereocenters. The van der Waals surface area contributed by atoms with Crippen molar-refractivity contribution in [1.29, 1.82) is 0 Å². The minimum absolute atomic E-state index is 0.219. The van der Waals surface area contributed by atoms with Crippen LogP contribution in [0.3, 0.4) is 0 Å². The molecule has 4 aromatic rings. The van der Waals surface area contributed by atoms with Gasteiger partial charge in [-0.3, -0.25) is 20.0 Å². The van der Waals surface area contributed by atoms with Crippen molar-refractivity contribution in [2.24, 2.45) is 10.9 Å². The number of rotatable bonds is 12. The number of hydrogen-bond acceptors (Lipinski definition) is 13. The van der Waals surface area contributed by atoms with Crippen molar-refractivity contribution in [1.82, 2.24) is 20.2 Å². The molecule has 17 heteroatoms. The molecule has 0 unspecified atom stereocenters. The molecule has 3 aromatic carbocycles. The molecule has 8 rings (SSSR count). The first-order chi connectivity index (χ1) is 29.7. The van der Waals surface area contributed by atoms with E-state index in [0.29, 0.717) is 64.5 Å². The molecule has 1 aromatic heterocycles. The van der Waals surface area contributed by atoms with Crippen molar-refractivity contribution in [3.8, 4) is 5.75 Å². The van der Waals surface area contributed by atoms with Crippen LogP contribution in [-0.2, 0) is 9.36 Å². The summed E-state index contributed by atoms with van der Waals surface area (Å²) in [6.07, 6.45) is 8.30. The first-order valence-electron chi connectivity index (χ1n) is 21.4. The van der Waals surface area contributed by atoms with E-state index in [9.17, 15) is 14.2 Å². The summed E-state index contributed by atoms with van der Waals surface area (Å²) in [5.41, 5.74) is 8.51. The summed E-state index contributed by atoms with van der Waals surface area (Å²) >= 11 is 3.61. The fourth-order valence-electron chi connectivity index (χ4n) is 9.30. The second kappa shape index (κ2) is 18.3. The number of nitrogens with zero attached hydrogens (tertiary/aromatic N) is 7. The standard InChI is InChI=1S/C45H57BrN11O4P/c1-28-23-32(57-22-15-40(58)52-45(57)59)7-10-37(28)55-18-11-30(12-19-55)27-54(3)31-13-20-56(21-14-31)38-25-39(61-4)36(24-29(38)2)51-44-49-26-33(46)43(53-44)50-35-9-8-34-41(48-17-16-47-34)42(35)62(5,6)60/h7-10,16,23-26,30-31,48H,11-15,17-22,27H2,1-6H3,(H,52,58,59)(H2,49,50,51,53). The first kappa shape index (κ1) is 43.5. The van der Waals surface area contributed by atoms with Crippen molar-refractivity contribution < 1.29 is 18.9 Å². The molecule has 0 aliphatic carbocycles. The summed E-state index contributed by atoms with van der Waals surface area (Å²) in [7, 11) is 1.26. The van der Waals surface area contributed by atoms with Gasteiger partial charge in [0.15, 0.2) is 0 Å². The molecule has 5 heterocycles. The molecular formula is C45H57BrN11O4P. The van der Waals surface area contributed by atoms with Crippen LogP contribution in [-0.4, -0.2) is 112 Å². The number of nitrogens with one attached hydrogen (secondary N) is 4. The Morgan fingerprint density at radius 3 is 2.35 bits per heavy atom. The van der Waals surface area contributed by atoms with Gasteiger partial charge >= 0.3 is 6.03 Å². The molecule has 0 saturated carbocycles. The van der Waals surface area contributed by atoms with E-state index < -0.39 is 7.14 Å². The number of carbonyl (C=O) groups excluding carboxylic acids is 2. The molecule has 4 aliphatic rings. The third-order valence-corrected chi connectivity index (χ3v) is 14.7. The number of carbonyl (C=O) groups is 2. The second-order valence-electron chi connectivity index (χ2n) is 17.2. The summed E-state index contributed by atoms with van der Waals surface area (Å²) in [4.78, 5) is 47.0. The average Bonchev–Trinajstić information content (AvgIpc) is 3.25. The van der Waals surface area contributed by atoms with Gasteiger partial charge in [-0.05, 0) is 129 Å². The topological polar surface area (TPSA) is 160 Å². The molecule has 0 radical (unpaired) electrons. The van der Waals surface area contributed by atoms with Crippen LogP contribution < -0.4 is 46.0 Å². The van der Waals surface area contributed by atoms with Crippen LogP contribution >= 0.6 is 23.1 Å². The zero-order valence-electron chi connectivity index (χ0n) is 36.4. The van der Waals surface area contributed by atoms with Crippen LogP contribution in [0, 0.1) is 19.8 Å². The Morgan fingerprint density at radius 1 is 0.919 bits per heavy atom. The lowest BCUT2D eigenvalue weighted by atomic mass is 9.93. The van der Waals surface area contributed by atoms with Crippen LogP contribution in [0.2, 0.25) is 0 Å². The predicted octanol–water partition coefficient (Wildman–Crippen LogP) is 7.99. The Balaban J connectivity index is 0.856. The van der Waals surface area contributed by atoms with Gasteiger partial charge in [0.2, 0.25) is 11.9 Å². The van der Waals surface area contributed by atoms with Gasteiger partial charge in [-0.2, -0.15) is 4.98 Å². The van der Waals surface area contributed by atoms with Gasteiger partial charge in [0.1, 0.15) is 18.7 Å². The summed E-state index contributed by atoms with van der Waals surface area (Å²) < 4.78 is 20.1. The SMILES string of the molecule is COc1cc(N2CCC(N(C)CC3CCN(c4ccc(N5CCC(=O)NC5=O)cc4C)CC3)CC2)c(C)cc1Nc1ncc(Br)c(Nc2ccc3c(c2P(C)(C)=O)NCC=N3)n1. The van der Waals surface area contributed by atoms with E-state index >= 15 is 0 Å². The molecule has 15 nitrogen and oxygen atoms in total. The molecule has 4 aliphatic heterocycles. The number of piperidine rings is 2. The number of ether oxygens (including phenoxy) is 1. The number of fused-ring (bicyclic) bond motifs is 1. The lowest BCUT2D eigenvalue weighted by molar-refractivity contribution is -0.120. The van der Waals surface area contributed by atoms with E-state index in [0.717, 1.165) is 92.3 Å². The van der Waals surface area contributed by atoms with Crippen LogP contribution in [0.15, 0.2) is 58.1 Å². The summed E-state index contributed by atoms with van der Waals surface area (Å²) in [6.45, 7) is 13.8. The largest absolute Gasteiger partial charge is 0.494 e. The molecule has 0 spiro atoms. The van der Waals surface area contributed by atoms with E-state index in [1.807, 2.05) is 24.4 Å². The lowest BCUT2D eigenvalue weighted by Gasteiger charge is -2.41. The number of aryl methyl sites for hydroxylation is 2. The van der Waals surface area contributed by atoms with Gasteiger partial charge in [0, 0.05) is 87.3 Å². The Kier molecular flexibility index (Phi) is 12.8. The quantitative estimate of drug-likeness (QED) is 0.102. The van der Waals surface area contributed by atoms with Crippen LogP contribution in [0.5, 0.6) is 5.75 Å². The smallest absolute Gasteiger partial charge is 0.328 e. The van der Waals surface area contributed by atoms with Gasteiger partial charge in [-0.25, -0.2) is 9.78 Å². The number of hydrogen-bond donors (Lipinski definition) is 4. The monoisotopic (exact) mass is 925 g/mol. The Hall–Kier alpha value is -5.18. The fraction of sp³-hybridized carbons (Fsp3) is 0.444. The first-order valence-corrected chi connectivity index (χ1v) is 24.8. The maximum Gasteiger partial charge on any atom is 0.328 e. The van der Waals surface area contributed by atoms with Crippen LogP contribution in [0.25, 0.3) is 0 Å². The van der Waals surface area contributed by atoms with E-state index in [1.165, 1.54) is 11.4 Å². The third-order valence-electron chi connectivity index (χ3n) is 12.5. The highest BCUT2D eigenvalue weighted by atomic mass is 79.9. The number of amides is 3. The summed E-state index contributed by atoms with van der Waals surface area (Å²) in [6, 6.07) is 14.4. The minimum Gasteiger partial charge on any atom is -0.494 e. The zero-order chi connectivity index (χ0) is 43.7. The number of anilines is 8. The molecule has 328 valence electrons. The van der Waals surface area contributed by atoms with E-state index in [1.54, 1.807) is 31.5 Å². The molecule has 62 heavy (non-hydrogen) atoms. The van der Waals surface area contributed by atoms with Crippen molar-refractivity contribution in [2.75, 3.05) is 104 Å².